The van der Waals surface area contributed by atoms with Crippen molar-refractivity contribution in [3.05, 3.63) is 112 Å². The fraction of sp³-hybridized carbons (Fsp3) is 0.375. The number of fused-ring (bicyclic) bond motifs is 2. The van der Waals surface area contributed by atoms with Crippen LogP contribution < -0.4 is 11.5 Å². The molecule has 0 bridgehead atoms. The highest BCUT2D eigenvalue weighted by Crippen LogP contribution is 2.46. The van der Waals surface area contributed by atoms with Crippen LogP contribution in [0.3, 0.4) is 0 Å². The summed E-state index contributed by atoms with van der Waals surface area (Å²) in [5.41, 5.74) is 12.6. The number of furan rings is 1. The van der Waals surface area contributed by atoms with E-state index in [4.69, 9.17) is 20.6 Å². The first-order valence-electron chi connectivity index (χ1n) is 14.7. The molecule has 6 rings (SSSR count). The van der Waals surface area contributed by atoms with Gasteiger partial charge in [0.05, 0.1) is 24.5 Å². The molecule has 0 amide bonds. The van der Waals surface area contributed by atoms with Crippen molar-refractivity contribution in [2.75, 3.05) is 32.0 Å². The van der Waals surface area contributed by atoms with E-state index in [1.54, 1.807) is 17.0 Å². The quantitative estimate of drug-likeness (QED) is 0.220. The van der Waals surface area contributed by atoms with Gasteiger partial charge >= 0.3 is 12.4 Å². The lowest BCUT2D eigenvalue weighted by Gasteiger charge is -2.44. The fourth-order valence-corrected chi connectivity index (χ4v) is 6.29. The van der Waals surface area contributed by atoms with E-state index >= 15 is 0 Å². The number of nitrogens with two attached hydrogens (primary N) is 2. The predicted molar refractivity (Wildman–Crippen MR) is 155 cm³/mol. The summed E-state index contributed by atoms with van der Waals surface area (Å²) in [6, 6.07) is 11.7. The van der Waals surface area contributed by atoms with E-state index in [2.05, 4.69) is 0 Å². The smallest absolute Gasteiger partial charge is 0.449 e. The van der Waals surface area contributed by atoms with E-state index in [1.165, 1.54) is 12.3 Å². The Labute approximate surface area is 260 Å². The molecule has 4 N–H and O–H groups in total. The van der Waals surface area contributed by atoms with Gasteiger partial charge in [0.2, 0.25) is 5.76 Å². The van der Waals surface area contributed by atoms with Gasteiger partial charge in [-0.1, -0.05) is 18.2 Å². The average Bonchev–Trinajstić information content (AvgIpc) is 3.61. The fourth-order valence-electron chi connectivity index (χ4n) is 6.29. The number of nitrogens with zero attached hydrogens (tertiary/aromatic N) is 3. The number of halogens is 7. The highest BCUT2D eigenvalue weighted by Gasteiger charge is 2.48. The standard InChI is InChI=1S/C32H32F7N5O2/c33-26-3-1-2-24(31(34,35)36)23(26)15-44-19-43(17-27(41)20-4-6-21(40)7-5-20)16-25-28(44)18-45-30(25)10-12-42(13-11-30)14-22-8-9-29(46-22)32(37,38)39/h1-9,16,18,27H,10-15,17,19,40-41H2. The maximum absolute atomic E-state index is 15.0. The molecule has 1 aromatic heterocycles. The summed E-state index contributed by atoms with van der Waals surface area (Å²) >= 11 is 0. The molecule has 246 valence electrons. The van der Waals surface area contributed by atoms with Crippen LogP contribution in [-0.4, -0.2) is 46.6 Å². The first-order valence-corrected chi connectivity index (χ1v) is 14.7. The summed E-state index contributed by atoms with van der Waals surface area (Å²) in [4.78, 5) is 5.49. The summed E-state index contributed by atoms with van der Waals surface area (Å²) in [6.07, 6.45) is -5.03. The number of likely N-dealkylation sites (tertiary alicyclic amines) is 1. The van der Waals surface area contributed by atoms with Crippen LogP contribution in [0.1, 0.15) is 47.1 Å². The van der Waals surface area contributed by atoms with Crippen molar-refractivity contribution >= 4 is 5.69 Å². The highest BCUT2D eigenvalue weighted by atomic mass is 19.4. The van der Waals surface area contributed by atoms with Gasteiger partial charge in [-0.2, -0.15) is 26.3 Å². The maximum atomic E-state index is 15.0. The van der Waals surface area contributed by atoms with Crippen LogP contribution >= 0.6 is 0 Å². The Morgan fingerprint density at radius 1 is 0.891 bits per heavy atom. The second-order valence-electron chi connectivity index (χ2n) is 11.8. The van der Waals surface area contributed by atoms with Crippen LogP contribution in [0.2, 0.25) is 0 Å². The number of benzene rings is 2. The molecule has 1 spiro atoms. The molecule has 7 nitrogen and oxygen atoms in total. The van der Waals surface area contributed by atoms with Crippen LogP contribution in [0.25, 0.3) is 0 Å². The van der Waals surface area contributed by atoms with Crippen molar-refractivity contribution < 1.29 is 39.9 Å². The number of hydrogen-bond donors (Lipinski definition) is 2. The van der Waals surface area contributed by atoms with Crippen LogP contribution in [0.4, 0.5) is 36.4 Å². The van der Waals surface area contributed by atoms with Crippen LogP contribution in [0.5, 0.6) is 0 Å². The molecule has 0 aliphatic carbocycles. The molecule has 1 unspecified atom stereocenters. The van der Waals surface area contributed by atoms with Crippen LogP contribution in [-0.2, 0) is 30.2 Å². The summed E-state index contributed by atoms with van der Waals surface area (Å²) in [5.74, 6) is -1.84. The molecule has 2 aromatic carbocycles. The molecule has 1 fully saturated rings. The Morgan fingerprint density at radius 2 is 1.61 bits per heavy atom. The van der Waals surface area contributed by atoms with Crippen molar-refractivity contribution in [2.45, 2.75) is 49.9 Å². The zero-order valence-corrected chi connectivity index (χ0v) is 24.5. The minimum absolute atomic E-state index is 0.120. The van der Waals surface area contributed by atoms with Crippen molar-refractivity contribution in [1.82, 2.24) is 14.7 Å². The monoisotopic (exact) mass is 651 g/mol. The Kier molecular flexibility index (Phi) is 8.21. The van der Waals surface area contributed by atoms with Gasteiger partial charge in [-0.3, -0.25) is 4.90 Å². The zero-order chi connectivity index (χ0) is 32.9. The normalized spacial score (nSPS) is 19.1. The van der Waals surface area contributed by atoms with Gasteiger partial charge in [0.1, 0.15) is 23.4 Å². The van der Waals surface area contributed by atoms with Gasteiger partial charge in [0, 0.05) is 68.1 Å². The van der Waals surface area contributed by atoms with E-state index in [0.717, 1.165) is 35.4 Å². The van der Waals surface area contributed by atoms with Crippen molar-refractivity contribution in [1.29, 1.82) is 0 Å². The predicted octanol–water partition coefficient (Wildman–Crippen LogP) is 6.60. The van der Waals surface area contributed by atoms with Gasteiger partial charge in [0.25, 0.3) is 0 Å². The molecule has 3 aliphatic rings. The molecule has 1 saturated heterocycles. The largest absolute Gasteiger partial charge is 0.488 e. The number of anilines is 1. The number of alkyl halides is 6. The zero-order valence-electron chi connectivity index (χ0n) is 24.5. The van der Waals surface area contributed by atoms with E-state index in [-0.39, 0.29) is 25.5 Å². The number of hydrogen-bond acceptors (Lipinski definition) is 7. The van der Waals surface area contributed by atoms with Gasteiger partial charge in [-0.15, -0.1) is 0 Å². The van der Waals surface area contributed by atoms with Gasteiger partial charge in [-0.25, -0.2) is 4.39 Å². The summed E-state index contributed by atoms with van der Waals surface area (Å²) in [7, 11) is 0. The SMILES string of the molecule is Nc1ccc(C(N)CN2C=C3C(=COC34CCN(Cc3ccc(C(F)(F)F)o3)CC4)N(Cc3c(F)cccc3C(F)(F)F)C2)cc1. The number of nitrogen functional groups attached to an aromatic ring is 1. The van der Waals surface area contributed by atoms with Gasteiger partial charge in [-0.05, 0) is 42.0 Å². The minimum atomic E-state index is -4.76. The molecule has 46 heavy (non-hydrogen) atoms. The molecule has 0 radical (unpaired) electrons. The first kappa shape index (κ1) is 31.8. The molecule has 3 aromatic rings. The van der Waals surface area contributed by atoms with E-state index in [1.807, 2.05) is 28.1 Å². The third kappa shape index (κ3) is 6.41. The third-order valence-electron chi connectivity index (χ3n) is 8.72. The topological polar surface area (TPSA) is 84.1 Å². The van der Waals surface area contributed by atoms with E-state index in [9.17, 15) is 30.7 Å². The summed E-state index contributed by atoms with van der Waals surface area (Å²) in [5, 5.41) is 0. The lowest BCUT2D eigenvalue weighted by molar-refractivity contribution is -0.153. The Balaban J connectivity index is 1.25. The van der Waals surface area contributed by atoms with E-state index < -0.39 is 46.7 Å². The Bertz CT molecular complexity index is 1620. The van der Waals surface area contributed by atoms with Gasteiger partial charge in [0.15, 0.2) is 0 Å². The number of rotatable bonds is 7. The molecule has 0 saturated carbocycles. The Morgan fingerprint density at radius 3 is 2.26 bits per heavy atom. The number of ether oxygens (including phenoxy) is 1. The highest BCUT2D eigenvalue weighted by molar-refractivity contribution is 5.44. The third-order valence-corrected chi connectivity index (χ3v) is 8.72. The molecule has 3 aliphatic heterocycles. The van der Waals surface area contributed by atoms with Crippen molar-refractivity contribution in [3.8, 4) is 0 Å². The summed E-state index contributed by atoms with van der Waals surface area (Å²) < 4.78 is 107. The lowest BCUT2D eigenvalue weighted by atomic mass is 9.83. The lowest BCUT2D eigenvalue weighted by Crippen LogP contribution is -2.49. The first-order chi connectivity index (χ1) is 21.7. The molecule has 14 heteroatoms. The molecular formula is C32H32F7N5O2. The van der Waals surface area contributed by atoms with Crippen molar-refractivity contribution in [3.63, 3.8) is 0 Å². The summed E-state index contributed by atoms with van der Waals surface area (Å²) in [6.45, 7) is 1.13. The van der Waals surface area contributed by atoms with Crippen LogP contribution in [0.15, 0.2) is 82.7 Å². The molecule has 1 atom stereocenters. The van der Waals surface area contributed by atoms with Gasteiger partial charge < -0.3 is 30.4 Å². The Hall–Kier alpha value is -4.17. The molecule has 4 heterocycles. The second-order valence-corrected chi connectivity index (χ2v) is 11.8. The number of piperidine rings is 1. The van der Waals surface area contributed by atoms with Crippen molar-refractivity contribution in [2.24, 2.45) is 5.73 Å². The maximum Gasteiger partial charge on any atom is 0.449 e. The van der Waals surface area contributed by atoms with Crippen LogP contribution in [0, 0.1) is 5.82 Å². The second kappa shape index (κ2) is 11.9. The average molecular weight is 652 g/mol. The molecular weight excluding hydrogens is 619 g/mol. The minimum Gasteiger partial charge on any atom is -0.488 e. The van der Waals surface area contributed by atoms with E-state index in [0.29, 0.717) is 43.9 Å².